The molecule has 2 heterocycles. The lowest BCUT2D eigenvalue weighted by Crippen LogP contribution is -2.67. The summed E-state index contributed by atoms with van der Waals surface area (Å²) in [6.07, 6.45) is 1.83. The summed E-state index contributed by atoms with van der Waals surface area (Å²) in [7, 11) is 0. The molecule has 1 amide bonds. The minimum atomic E-state index is -0.255. The predicted molar refractivity (Wildman–Crippen MR) is 84.0 cm³/mol. The van der Waals surface area contributed by atoms with E-state index in [1.807, 2.05) is 12.1 Å². The second-order valence-corrected chi connectivity index (χ2v) is 5.58. The van der Waals surface area contributed by atoms with Gasteiger partial charge in [-0.3, -0.25) is 4.79 Å². The van der Waals surface area contributed by atoms with Crippen LogP contribution in [0.4, 0.5) is 5.69 Å². The van der Waals surface area contributed by atoms with Gasteiger partial charge in [0, 0.05) is 24.4 Å². The Morgan fingerprint density at radius 1 is 1.35 bits per heavy atom. The molecule has 3 rings (SSSR count). The third-order valence-electron chi connectivity index (χ3n) is 4.11. The molecular formula is C14H19Cl2N3O. The maximum Gasteiger partial charge on any atom is 0.255 e. The summed E-state index contributed by atoms with van der Waals surface area (Å²) in [5.41, 5.74) is 1.42. The maximum absolute atomic E-state index is 12.3. The van der Waals surface area contributed by atoms with Gasteiger partial charge in [-0.25, -0.2) is 0 Å². The molecule has 0 atom stereocenters. The quantitative estimate of drug-likeness (QED) is 0.836. The van der Waals surface area contributed by atoms with E-state index in [1.54, 1.807) is 6.07 Å². The highest BCUT2D eigenvalue weighted by Crippen LogP contribution is 2.37. The summed E-state index contributed by atoms with van der Waals surface area (Å²) in [6, 6.07) is 5.49. The van der Waals surface area contributed by atoms with Gasteiger partial charge in [-0.1, -0.05) is 11.6 Å². The van der Waals surface area contributed by atoms with E-state index in [9.17, 15) is 4.79 Å². The van der Waals surface area contributed by atoms with E-state index in [0.29, 0.717) is 5.02 Å². The molecule has 2 aliphatic heterocycles. The fraction of sp³-hybridized carbons (Fsp3) is 0.500. The van der Waals surface area contributed by atoms with Crippen molar-refractivity contribution in [3.8, 4) is 0 Å². The average molecular weight is 316 g/mol. The zero-order valence-corrected chi connectivity index (χ0v) is 13.0. The van der Waals surface area contributed by atoms with E-state index in [2.05, 4.69) is 22.5 Å². The Bertz CT molecular complexity index is 515. The van der Waals surface area contributed by atoms with Gasteiger partial charge in [-0.2, -0.15) is 0 Å². The van der Waals surface area contributed by atoms with E-state index in [1.165, 1.54) is 0 Å². The number of nitrogens with one attached hydrogen (secondary N) is 2. The smallest absolute Gasteiger partial charge is 0.255 e. The van der Waals surface area contributed by atoms with Crippen molar-refractivity contribution in [2.45, 2.75) is 25.4 Å². The minimum Gasteiger partial charge on any atom is -0.348 e. The number of hydrogen-bond acceptors (Lipinski definition) is 3. The van der Waals surface area contributed by atoms with E-state index in [4.69, 9.17) is 11.6 Å². The van der Waals surface area contributed by atoms with Gasteiger partial charge < -0.3 is 15.5 Å². The Morgan fingerprint density at radius 2 is 2.05 bits per heavy atom. The van der Waals surface area contributed by atoms with Crippen LogP contribution in [-0.4, -0.2) is 31.2 Å². The first-order chi connectivity index (χ1) is 9.16. The van der Waals surface area contributed by atoms with Gasteiger partial charge in [-0.05, 0) is 38.2 Å². The van der Waals surface area contributed by atoms with Crippen LogP contribution in [0.25, 0.3) is 0 Å². The monoisotopic (exact) mass is 315 g/mol. The number of hydrogen-bond donors (Lipinski definition) is 2. The first-order valence-corrected chi connectivity index (χ1v) is 7.14. The van der Waals surface area contributed by atoms with Gasteiger partial charge in [0.15, 0.2) is 0 Å². The lowest BCUT2D eigenvalue weighted by Gasteiger charge is -2.51. The zero-order chi connectivity index (χ0) is 13.5. The molecule has 1 spiro atoms. The maximum atomic E-state index is 12.3. The summed E-state index contributed by atoms with van der Waals surface area (Å²) in [5.74, 6) is 0.0123. The standard InChI is InChI=1S/C14H18ClN3O.ClH/c1-2-18-12-9-10(15)3-4-11(12)13(19)17-14(18)5-7-16-8-6-14;/h3-4,9,16H,2,5-8H2,1H3,(H,17,19);1H. The molecule has 1 aromatic rings. The lowest BCUT2D eigenvalue weighted by molar-refractivity contribution is 0.0852. The summed E-state index contributed by atoms with van der Waals surface area (Å²) < 4.78 is 0. The van der Waals surface area contributed by atoms with Crippen LogP contribution in [0, 0.1) is 0 Å². The van der Waals surface area contributed by atoms with Crippen molar-refractivity contribution in [3.63, 3.8) is 0 Å². The van der Waals surface area contributed by atoms with Crippen LogP contribution in [-0.2, 0) is 0 Å². The van der Waals surface area contributed by atoms with Crippen molar-refractivity contribution in [3.05, 3.63) is 28.8 Å². The van der Waals surface area contributed by atoms with Crippen molar-refractivity contribution < 1.29 is 4.79 Å². The molecule has 2 N–H and O–H groups in total. The molecule has 0 unspecified atom stereocenters. The molecule has 0 saturated carbocycles. The Morgan fingerprint density at radius 3 is 2.70 bits per heavy atom. The van der Waals surface area contributed by atoms with Crippen molar-refractivity contribution in [1.82, 2.24) is 10.6 Å². The van der Waals surface area contributed by atoms with Gasteiger partial charge in [0.25, 0.3) is 5.91 Å². The van der Waals surface area contributed by atoms with E-state index < -0.39 is 0 Å². The number of nitrogens with zero attached hydrogens (tertiary/aromatic N) is 1. The highest BCUT2D eigenvalue weighted by molar-refractivity contribution is 6.31. The Kier molecular flexibility index (Phi) is 4.47. The fourth-order valence-corrected chi connectivity index (χ4v) is 3.37. The summed E-state index contributed by atoms with van der Waals surface area (Å²) in [4.78, 5) is 14.6. The minimum absolute atomic E-state index is 0. The van der Waals surface area contributed by atoms with Crippen LogP contribution in [0.1, 0.15) is 30.1 Å². The number of benzene rings is 1. The first-order valence-electron chi connectivity index (χ1n) is 6.77. The molecule has 0 radical (unpaired) electrons. The number of carbonyl (C=O) groups excluding carboxylic acids is 1. The molecule has 1 aromatic carbocycles. The fourth-order valence-electron chi connectivity index (χ4n) is 3.21. The first kappa shape index (κ1) is 15.4. The number of piperidine rings is 1. The van der Waals surface area contributed by atoms with Crippen LogP contribution < -0.4 is 15.5 Å². The molecule has 1 saturated heterocycles. The predicted octanol–water partition coefficient (Wildman–Crippen LogP) is 2.41. The van der Waals surface area contributed by atoms with Crippen LogP contribution in [0.3, 0.4) is 0 Å². The van der Waals surface area contributed by atoms with E-state index in [0.717, 1.165) is 43.7 Å². The largest absolute Gasteiger partial charge is 0.348 e. The molecule has 6 heteroatoms. The Balaban J connectivity index is 0.00000147. The van der Waals surface area contributed by atoms with Crippen LogP contribution in [0.2, 0.25) is 5.02 Å². The van der Waals surface area contributed by atoms with Crippen molar-refractivity contribution >= 4 is 35.6 Å². The molecule has 110 valence electrons. The molecule has 20 heavy (non-hydrogen) atoms. The number of rotatable bonds is 1. The molecular weight excluding hydrogens is 297 g/mol. The second-order valence-electron chi connectivity index (χ2n) is 5.14. The number of halogens is 2. The van der Waals surface area contributed by atoms with Crippen molar-refractivity contribution in [1.29, 1.82) is 0 Å². The Labute approximate surface area is 130 Å². The van der Waals surface area contributed by atoms with Crippen LogP contribution >= 0.6 is 24.0 Å². The lowest BCUT2D eigenvalue weighted by atomic mass is 9.91. The van der Waals surface area contributed by atoms with Crippen molar-refractivity contribution in [2.75, 3.05) is 24.5 Å². The number of anilines is 1. The van der Waals surface area contributed by atoms with Crippen LogP contribution in [0.15, 0.2) is 18.2 Å². The van der Waals surface area contributed by atoms with Crippen LogP contribution in [0.5, 0.6) is 0 Å². The second kappa shape index (κ2) is 5.80. The third kappa shape index (κ3) is 2.36. The summed E-state index contributed by atoms with van der Waals surface area (Å²) >= 11 is 6.10. The van der Waals surface area contributed by atoms with Crippen molar-refractivity contribution in [2.24, 2.45) is 0 Å². The normalized spacial score (nSPS) is 20.1. The number of fused-ring (bicyclic) bond motifs is 1. The molecule has 1 fully saturated rings. The molecule has 0 bridgehead atoms. The zero-order valence-electron chi connectivity index (χ0n) is 11.4. The van der Waals surface area contributed by atoms with E-state index >= 15 is 0 Å². The SMILES string of the molecule is CCN1c2cc(Cl)ccc2C(=O)NC12CCNCC2.Cl. The van der Waals surface area contributed by atoms with Gasteiger partial charge >= 0.3 is 0 Å². The highest BCUT2D eigenvalue weighted by Gasteiger charge is 2.43. The van der Waals surface area contributed by atoms with Gasteiger partial charge in [0.2, 0.25) is 0 Å². The molecule has 0 aliphatic carbocycles. The number of amides is 1. The molecule has 0 aromatic heterocycles. The Hall–Kier alpha value is -0.970. The van der Waals surface area contributed by atoms with Gasteiger partial charge in [0.1, 0.15) is 5.66 Å². The average Bonchev–Trinajstić information content (AvgIpc) is 2.39. The summed E-state index contributed by atoms with van der Waals surface area (Å²) in [5, 5.41) is 7.24. The molecule has 2 aliphatic rings. The van der Waals surface area contributed by atoms with E-state index in [-0.39, 0.29) is 24.0 Å². The highest BCUT2D eigenvalue weighted by atomic mass is 35.5. The van der Waals surface area contributed by atoms with Gasteiger partial charge in [0.05, 0.1) is 11.3 Å². The third-order valence-corrected chi connectivity index (χ3v) is 4.34. The molecule has 4 nitrogen and oxygen atoms in total. The van der Waals surface area contributed by atoms with Gasteiger partial charge in [-0.15, -0.1) is 12.4 Å². The summed E-state index contributed by atoms with van der Waals surface area (Å²) in [6.45, 7) is 4.82. The number of carbonyl (C=O) groups is 1. The topological polar surface area (TPSA) is 44.4 Å².